The van der Waals surface area contributed by atoms with E-state index in [0.717, 1.165) is 24.5 Å². The van der Waals surface area contributed by atoms with Crippen molar-refractivity contribution in [1.82, 2.24) is 4.31 Å². The fourth-order valence-electron chi connectivity index (χ4n) is 3.44. The highest BCUT2D eigenvalue weighted by Crippen LogP contribution is 2.32. The van der Waals surface area contributed by atoms with Crippen LogP contribution < -0.4 is 10.1 Å². The third kappa shape index (κ3) is 5.20. The number of nitro benzene ring substituents is 1. The molecule has 1 N–H and O–H groups in total. The Hall–Kier alpha value is -2.98. The predicted molar refractivity (Wildman–Crippen MR) is 116 cm³/mol. The summed E-state index contributed by atoms with van der Waals surface area (Å²) in [6, 6.07) is 10.8. The van der Waals surface area contributed by atoms with Crippen molar-refractivity contribution in [2.24, 2.45) is 0 Å². The van der Waals surface area contributed by atoms with Crippen molar-refractivity contribution >= 4 is 27.3 Å². The van der Waals surface area contributed by atoms with Crippen molar-refractivity contribution < 1.29 is 22.9 Å². The predicted octanol–water partition coefficient (Wildman–Crippen LogP) is 3.52. The fourth-order valence-corrected chi connectivity index (χ4v) is 4.98. The monoisotopic (exact) mass is 447 g/mol. The Labute approximate surface area is 181 Å². The summed E-state index contributed by atoms with van der Waals surface area (Å²) in [6.45, 7) is 4.34. The molecule has 3 rings (SSSR count). The average molecular weight is 448 g/mol. The van der Waals surface area contributed by atoms with Gasteiger partial charge in [0, 0.05) is 24.8 Å². The zero-order valence-electron chi connectivity index (χ0n) is 17.4. The zero-order valence-corrected chi connectivity index (χ0v) is 18.2. The van der Waals surface area contributed by atoms with Crippen molar-refractivity contribution in [2.45, 2.75) is 37.5 Å². The van der Waals surface area contributed by atoms with Crippen LogP contribution in [0.2, 0.25) is 0 Å². The molecule has 9 nitrogen and oxygen atoms in total. The lowest BCUT2D eigenvalue weighted by atomic mass is 10.0. The number of carbonyl (C=O) groups excluding carboxylic acids is 1. The normalized spacial score (nSPS) is 14.5. The first-order chi connectivity index (χ1) is 14.7. The SMILES string of the molecule is CC(C)c1ccccc1NC(=O)COc1ccc(S(=O)(=O)N2CCCC2)cc1[N+](=O)[O-]. The molecule has 0 unspecified atom stereocenters. The minimum atomic E-state index is -3.80. The number of anilines is 1. The number of amides is 1. The van der Waals surface area contributed by atoms with Crippen LogP contribution >= 0.6 is 0 Å². The van der Waals surface area contributed by atoms with E-state index in [0.29, 0.717) is 18.8 Å². The van der Waals surface area contributed by atoms with Crippen LogP contribution in [0.3, 0.4) is 0 Å². The summed E-state index contributed by atoms with van der Waals surface area (Å²) in [5.74, 6) is -0.447. The molecular weight excluding hydrogens is 422 g/mol. The Balaban J connectivity index is 1.74. The highest BCUT2D eigenvalue weighted by molar-refractivity contribution is 7.89. The van der Waals surface area contributed by atoms with E-state index in [1.165, 1.54) is 16.4 Å². The number of rotatable bonds is 8. The molecule has 0 radical (unpaired) electrons. The van der Waals surface area contributed by atoms with Gasteiger partial charge < -0.3 is 10.1 Å². The number of ether oxygens (including phenoxy) is 1. The van der Waals surface area contributed by atoms with Gasteiger partial charge in [0.2, 0.25) is 10.0 Å². The lowest BCUT2D eigenvalue weighted by Gasteiger charge is -2.16. The smallest absolute Gasteiger partial charge is 0.312 e. The molecule has 2 aromatic rings. The number of nitrogens with one attached hydrogen (secondary N) is 1. The molecule has 0 aromatic heterocycles. The van der Waals surface area contributed by atoms with Crippen LogP contribution in [-0.2, 0) is 14.8 Å². The van der Waals surface area contributed by atoms with Gasteiger partial charge in [-0.05, 0) is 42.5 Å². The van der Waals surface area contributed by atoms with Gasteiger partial charge in [-0.3, -0.25) is 14.9 Å². The van der Waals surface area contributed by atoms with E-state index < -0.39 is 33.1 Å². The van der Waals surface area contributed by atoms with Gasteiger partial charge in [0.1, 0.15) is 0 Å². The third-order valence-corrected chi connectivity index (χ3v) is 6.94. The number of benzene rings is 2. The van der Waals surface area contributed by atoms with Crippen LogP contribution in [0.4, 0.5) is 11.4 Å². The second-order valence-electron chi connectivity index (χ2n) is 7.58. The zero-order chi connectivity index (χ0) is 22.6. The van der Waals surface area contributed by atoms with Gasteiger partial charge in [-0.1, -0.05) is 32.0 Å². The van der Waals surface area contributed by atoms with Gasteiger partial charge in [0.15, 0.2) is 12.4 Å². The first-order valence-corrected chi connectivity index (χ1v) is 11.4. The minimum absolute atomic E-state index is 0.163. The molecule has 0 aliphatic carbocycles. The van der Waals surface area contributed by atoms with Crippen LogP contribution in [0, 0.1) is 10.1 Å². The molecule has 0 spiro atoms. The summed E-state index contributed by atoms with van der Waals surface area (Å²) in [7, 11) is -3.80. The fraction of sp³-hybridized carbons (Fsp3) is 0.381. The minimum Gasteiger partial charge on any atom is -0.477 e. The average Bonchev–Trinajstić information content (AvgIpc) is 3.28. The van der Waals surface area contributed by atoms with Gasteiger partial charge in [0.05, 0.1) is 9.82 Å². The second-order valence-corrected chi connectivity index (χ2v) is 9.51. The van der Waals surface area contributed by atoms with Gasteiger partial charge >= 0.3 is 5.69 Å². The molecule has 1 amide bonds. The first-order valence-electron chi connectivity index (χ1n) is 10.0. The number of nitrogens with zero attached hydrogens (tertiary/aromatic N) is 2. The molecule has 1 fully saturated rings. The highest BCUT2D eigenvalue weighted by Gasteiger charge is 2.30. The molecule has 10 heteroatoms. The van der Waals surface area contributed by atoms with Gasteiger partial charge in [-0.25, -0.2) is 8.42 Å². The lowest BCUT2D eigenvalue weighted by molar-refractivity contribution is -0.386. The van der Waals surface area contributed by atoms with Gasteiger partial charge in [0.25, 0.3) is 5.91 Å². The first kappa shape index (κ1) is 22.7. The van der Waals surface area contributed by atoms with E-state index in [1.54, 1.807) is 12.1 Å². The van der Waals surface area contributed by atoms with E-state index in [2.05, 4.69) is 5.32 Å². The molecule has 31 heavy (non-hydrogen) atoms. The number of hydrogen-bond donors (Lipinski definition) is 1. The molecule has 1 heterocycles. The third-order valence-electron chi connectivity index (χ3n) is 5.05. The van der Waals surface area contributed by atoms with Crippen molar-refractivity contribution in [3.8, 4) is 5.75 Å². The van der Waals surface area contributed by atoms with Crippen molar-refractivity contribution in [2.75, 3.05) is 25.0 Å². The molecular formula is C21H25N3O6S. The molecule has 1 aliphatic heterocycles. The number of sulfonamides is 1. The quantitative estimate of drug-likeness (QED) is 0.488. The van der Waals surface area contributed by atoms with E-state index >= 15 is 0 Å². The van der Waals surface area contributed by atoms with Crippen LogP contribution in [0.25, 0.3) is 0 Å². The Kier molecular flexibility index (Phi) is 6.91. The molecule has 166 valence electrons. The Morgan fingerprint density at radius 1 is 1.19 bits per heavy atom. The van der Waals surface area contributed by atoms with Crippen molar-refractivity contribution in [3.05, 3.63) is 58.1 Å². The summed E-state index contributed by atoms with van der Waals surface area (Å²) < 4.78 is 32.0. The number of para-hydroxylation sites is 1. The van der Waals surface area contributed by atoms with Gasteiger partial charge in [-0.2, -0.15) is 4.31 Å². The van der Waals surface area contributed by atoms with E-state index in [9.17, 15) is 23.3 Å². The van der Waals surface area contributed by atoms with Gasteiger partial charge in [-0.15, -0.1) is 0 Å². The topological polar surface area (TPSA) is 119 Å². The summed E-state index contributed by atoms with van der Waals surface area (Å²) in [5.41, 5.74) is 1.10. The summed E-state index contributed by atoms with van der Waals surface area (Å²) in [5, 5.41) is 14.2. The number of hydrogen-bond acceptors (Lipinski definition) is 6. The molecule has 1 aliphatic rings. The largest absolute Gasteiger partial charge is 0.477 e. The van der Waals surface area contributed by atoms with E-state index in [4.69, 9.17) is 4.74 Å². The molecule has 0 atom stereocenters. The van der Waals surface area contributed by atoms with E-state index in [1.807, 2.05) is 26.0 Å². The summed E-state index contributed by atoms with van der Waals surface area (Å²) >= 11 is 0. The lowest BCUT2D eigenvalue weighted by Crippen LogP contribution is -2.28. The summed E-state index contributed by atoms with van der Waals surface area (Å²) in [4.78, 5) is 22.9. The molecule has 1 saturated heterocycles. The molecule has 0 saturated carbocycles. The van der Waals surface area contributed by atoms with Crippen LogP contribution in [0.1, 0.15) is 38.2 Å². The van der Waals surface area contributed by atoms with Crippen molar-refractivity contribution in [1.29, 1.82) is 0 Å². The molecule has 0 bridgehead atoms. The van der Waals surface area contributed by atoms with Crippen LogP contribution in [-0.4, -0.2) is 43.2 Å². The van der Waals surface area contributed by atoms with Crippen LogP contribution in [0.15, 0.2) is 47.4 Å². The van der Waals surface area contributed by atoms with E-state index in [-0.39, 0.29) is 16.6 Å². The maximum atomic E-state index is 12.7. The summed E-state index contributed by atoms with van der Waals surface area (Å²) in [6.07, 6.45) is 1.52. The standard InChI is InChI=1S/C21H25N3O6S/c1-15(2)17-7-3-4-8-18(17)22-21(25)14-30-20-10-9-16(13-19(20)24(26)27)31(28,29)23-11-5-6-12-23/h3-4,7-10,13,15H,5-6,11-12,14H2,1-2H3,(H,22,25). The Bertz CT molecular complexity index is 1080. The van der Waals surface area contributed by atoms with Crippen LogP contribution in [0.5, 0.6) is 5.75 Å². The second kappa shape index (κ2) is 9.44. The highest BCUT2D eigenvalue weighted by atomic mass is 32.2. The maximum Gasteiger partial charge on any atom is 0.312 e. The molecule has 2 aromatic carbocycles. The number of nitro groups is 1. The Morgan fingerprint density at radius 2 is 1.87 bits per heavy atom. The van der Waals surface area contributed by atoms with Crippen molar-refractivity contribution in [3.63, 3.8) is 0 Å². The Morgan fingerprint density at radius 3 is 2.52 bits per heavy atom. The number of carbonyl (C=O) groups is 1. The maximum absolute atomic E-state index is 12.7.